The molecule has 72 valence electrons. The lowest BCUT2D eigenvalue weighted by Crippen LogP contribution is -2.04. The highest BCUT2D eigenvalue weighted by molar-refractivity contribution is 7.99. The molecule has 0 bridgehead atoms. The van der Waals surface area contributed by atoms with E-state index in [0.717, 1.165) is 11.3 Å². The van der Waals surface area contributed by atoms with Crippen molar-refractivity contribution >= 4 is 11.8 Å². The van der Waals surface area contributed by atoms with Gasteiger partial charge in [-0.2, -0.15) is 0 Å². The summed E-state index contributed by atoms with van der Waals surface area (Å²) in [5.41, 5.74) is 6.63. The molecule has 0 amide bonds. The van der Waals surface area contributed by atoms with Crippen LogP contribution in [0.4, 0.5) is 0 Å². The van der Waals surface area contributed by atoms with E-state index in [-0.39, 0.29) is 6.04 Å². The van der Waals surface area contributed by atoms with E-state index in [1.807, 2.05) is 6.92 Å². The summed E-state index contributed by atoms with van der Waals surface area (Å²) in [5.74, 6) is 1.27. The molecule has 2 N–H and O–H groups in total. The largest absolute Gasteiger partial charge is 0.414 e. The monoisotopic (exact) mass is 199 g/mol. The van der Waals surface area contributed by atoms with Crippen molar-refractivity contribution in [1.82, 2.24) is 10.2 Å². The maximum Gasteiger partial charge on any atom is 0.276 e. The van der Waals surface area contributed by atoms with Crippen LogP contribution >= 0.6 is 11.8 Å². The van der Waals surface area contributed by atoms with E-state index in [1.165, 1.54) is 11.8 Å². The molecule has 1 heterocycles. The standard InChI is InChI=1S/C8H13N3OS/c1-5(2)4-13-8-11-10-7(12-8)6(3)9/h6H,1,4,9H2,2-3H3/t6-/m1/s1. The zero-order valence-corrected chi connectivity index (χ0v) is 8.60. The molecule has 0 saturated carbocycles. The number of rotatable bonds is 4. The SMILES string of the molecule is C=C(C)CSc1nnc([C@@H](C)N)o1. The van der Waals surface area contributed by atoms with Crippen LogP contribution in [0, 0.1) is 0 Å². The molecular formula is C8H13N3OS. The lowest BCUT2D eigenvalue weighted by Gasteiger charge is -1.95. The lowest BCUT2D eigenvalue weighted by molar-refractivity contribution is 0.394. The maximum atomic E-state index is 5.56. The van der Waals surface area contributed by atoms with Crippen LogP contribution in [-0.2, 0) is 0 Å². The van der Waals surface area contributed by atoms with Crippen LogP contribution in [0.25, 0.3) is 0 Å². The second-order valence-electron chi connectivity index (χ2n) is 2.94. The maximum absolute atomic E-state index is 5.56. The third-order valence-electron chi connectivity index (χ3n) is 1.25. The molecule has 0 aliphatic rings. The van der Waals surface area contributed by atoms with E-state index in [1.54, 1.807) is 6.92 Å². The normalized spacial score (nSPS) is 12.8. The molecule has 1 rings (SSSR count). The van der Waals surface area contributed by atoms with Gasteiger partial charge in [0.05, 0.1) is 6.04 Å². The highest BCUT2D eigenvalue weighted by Crippen LogP contribution is 2.19. The molecule has 0 spiro atoms. The summed E-state index contributed by atoms with van der Waals surface area (Å²) >= 11 is 1.47. The molecule has 0 fully saturated rings. The number of nitrogens with two attached hydrogens (primary N) is 1. The van der Waals surface area contributed by atoms with Gasteiger partial charge < -0.3 is 10.2 Å². The van der Waals surface area contributed by atoms with Gasteiger partial charge in [-0.15, -0.1) is 10.2 Å². The van der Waals surface area contributed by atoms with Gasteiger partial charge in [-0.1, -0.05) is 23.9 Å². The Kier molecular flexibility index (Phi) is 3.50. The molecule has 0 unspecified atom stereocenters. The van der Waals surface area contributed by atoms with Gasteiger partial charge in [0.15, 0.2) is 0 Å². The number of hydrogen-bond acceptors (Lipinski definition) is 5. The van der Waals surface area contributed by atoms with Gasteiger partial charge in [-0.3, -0.25) is 0 Å². The third-order valence-corrected chi connectivity index (χ3v) is 2.30. The summed E-state index contributed by atoms with van der Waals surface area (Å²) in [5, 5.41) is 8.19. The van der Waals surface area contributed by atoms with Crippen LogP contribution in [0.5, 0.6) is 0 Å². The Balaban J connectivity index is 2.54. The van der Waals surface area contributed by atoms with Gasteiger partial charge >= 0.3 is 0 Å². The van der Waals surface area contributed by atoms with Crippen molar-refractivity contribution in [2.24, 2.45) is 5.73 Å². The minimum absolute atomic E-state index is 0.202. The Bertz CT molecular complexity index is 295. The van der Waals surface area contributed by atoms with Gasteiger partial charge in [-0.05, 0) is 13.8 Å². The summed E-state index contributed by atoms with van der Waals surface area (Å²) in [6.45, 7) is 7.54. The van der Waals surface area contributed by atoms with E-state index >= 15 is 0 Å². The van der Waals surface area contributed by atoms with Crippen molar-refractivity contribution in [3.05, 3.63) is 18.0 Å². The Hall–Kier alpha value is -0.810. The molecule has 0 aromatic carbocycles. The summed E-state index contributed by atoms with van der Waals surface area (Å²) in [6, 6.07) is -0.202. The topological polar surface area (TPSA) is 64.9 Å². The fourth-order valence-electron chi connectivity index (χ4n) is 0.648. The van der Waals surface area contributed by atoms with E-state index in [4.69, 9.17) is 10.2 Å². The van der Waals surface area contributed by atoms with Gasteiger partial charge in [0.1, 0.15) is 0 Å². The predicted molar refractivity (Wildman–Crippen MR) is 52.4 cm³/mol. The highest BCUT2D eigenvalue weighted by atomic mass is 32.2. The fraction of sp³-hybridized carbons (Fsp3) is 0.500. The van der Waals surface area contributed by atoms with E-state index in [9.17, 15) is 0 Å². The molecule has 13 heavy (non-hydrogen) atoms. The van der Waals surface area contributed by atoms with Gasteiger partial charge in [-0.25, -0.2) is 0 Å². The molecule has 1 aromatic heterocycles. The molecule has 0 aliphatic carbocycles. The Morgan fingerprint density at radius 1 is 1.69 bits per heavy atom. The van der Waals surface area contributed by atoms with Crippen molar-refractivity contribution in [2.75, 3.05) is 5.75 Å². The minimum atomic E-state index is -0.202. The van der Waals surface area contributed by atoms with Crippen molar-refractivity contribution in [3.63, 3.8) is 0 Å². The summed E-state index contributed by atoms with van der Waals surface area (Å²) in [4.78, 5) is 0. The van der Waals surface area contributed by atoms with Crippen LogP contribution in [0.15, 0.2) is 21.8 Å². The zero-order chi connectivity index (χ0) is 9.84. The number of thioether (sulfide) groups is 1. The van der Waals surface area contributed by atoms with E-state index < -0.39 is 0 Å². The summed E-state index contributed by atoms with van der Waals surface area (Å²) < 4.78 is 5.27. The van der Waals surface area contributed by atoms with E-state index in [2.05, 4.69) is 16.8 Å². The predicted octanol–water partition coefficient (Wildman–Crippen LogP) is 1.76. The molecule has 5 heteroatoms. The van der Waals surface area contributed by atoms with E-state index in [0.29, 0.717) is 11.1 Å². The highest BCUT2D eigenvalue weighted by Gasteiger charge is 2.09. The fourth-order valence-corrected chi connectivity index (χ4v) is 1.26. The zero-order valence-electron chi connectivity index (χ0n) is 7.78. The van der Waals surface area contributed by atoms with Crippen LogP contribution in [-0.4, -0.2) is 16.0 Å². The average Bonchev–Trinajstić information content (AvgIpc) is 2.48. The average molecular weight is 199 g/mol. The Labute approximate surface area is 81.6 Å². The first-order chi connectivity index (χ1) is 6.09. The molecule has 0 aliphatic heterocycles. The molecular weight excluding hydrogens is 186 g/mol. The second kappa shape index (κ2) is 4.43. The van der Waals surface area contributed by atoms with Crippen LogP contribution in [0.1, 0.15) is 25.8 Å². The molecule has 0 saturated heterocycles. The minimum Gasteiger partial charge on any atom is -0.414 e. The van der Waals surface area contributed by atoms with Gasteiger partial charge in [0, 0.05) is 5.75 Å². The van der Waals surface area contributed by atoms with Crippen LogP contribution in [0.2, 0.25) is 0 Å². The van der Waals surface area contributed by atoms with Crippen molar-refractivity contribution < 1.29 is 4.42 Å². The Morgan fingerprint density at radius 3 is 2.85 bits per heavy atom. The van der Waals surface area contributed by atoms with Crippen molar-refractivity contribution in [1.29, 1.82) is 0 Å². The number of aromatic nitrogens is 2. The van der Waals surface area contributed by atoms with Gasteiger partial charge in [0.2, 0.25) is 5.89 Å². The molecule has 1 atom stereocenters. The smallest absolute Gasteiger partial charge is 0.276 e. The Morgan fingerprint density at radius 2 is 2.38 bits per heavy atom. The number of hydrogen-bond donors (Lipinski definition) is 1. The first-order valence-corrected chi connectivity index (χ1v) is 4.94. The molecule has 4 nitrogen and oxygen atoms in total. The molecule has 0 radical (unpaired) electrons. The number of nitrogens with zero attached hydrogens (tertiary/aromatic N) is 2. The van der Waals surface area contributed by atoms with Crippen molar-refractivity contribution in [3.8, 4) is 0 Å². The lowest BCUT2D eigenvalue weighted by atomic mass is 10.4. The second-order valence-corrected chi connectivity index (χ2v) is 3.87. The third kappa shape index (κ3) is 3.20. The summed E-state index contributed by atoms with van der Waals surface area (Å²) in [7, 11) is 0. The summed E-state index contributed by atoms with van der Waals surface area (Å²) in [6.07, 6.45) is 0. The first-order valence-electron chi connectivity index (χ1n) is 3.95. The van der Waals surface area contributed by atoms with Crippen LogP contribution < -0.4 is 5.73 Å². The van der Waals surface area contributed by atoms with Gasteiger partial charge in [0.25, 0.3) is 5.22 Å². The quantitative estimate of drug-likeness (QED) is 0.591. The van der Waals surface area contributed by atoms with Crippen LogP contribution in [0.3, 0.4) is 0 Å². The van der Waals surface area contributed by atoms with Crippen molar-refractivity contribution in [2.45, 2.75) is 25.1 Å². The first kappa shape index (κ1) is 10.3. The molecule has 1 aromatic rings.